The fraction of sp³-hybridized carbons (Fsp3) is 0.412. The van der Waals surface area contributed by atoms with Crippen LogP contribution in [0.15, 0.2) is 30.3 Å². The van der Waals surface area contributed by atoms with Gasteiger partial charge in [0.2, 0.25) is 0 Å². The molecule has 1 aromatic heterocycles. The lowest BCUT2D eigenvalue weighted by Gasteiger charge is -2.37. The number of nitrogens with zero attached hydrogens (tertiary/aromatic N) is 1. The van der Waals surface area contributed by atoms with E-state index in [1.807, 2.05) is 6.92 Å². The molecule has 0 radical (unpaired) electrons. The standard InChI is InChI=1S/C17H19FN2O2/c1-2-14(11-8-12(21)9-11)20-17(22)15-7-6-10-4-3-5-13(18)16(10)19-15/h3-7,11-12,14,21H,2,8-9H2,1H3,(H,20,22)/t11?,12?,14-/m0/s1. The number of hydrogen-bond acceptors (Lipinski definition) is 3. The molecular weight excluding hydrogens is 283 g/mol. The van der Waals surface area contributed by atoms with Gasteiger partial charge in [-0.25, -0.2) is 9.37 Å². The Morgan fingerprint density at radius 2 is 2.18 bits per heavy atom. The van der Waals surface area contributed by atoms with Crippen LogP contribution in [0.2, 0.25) is 0 Å². The summed E-state index contributed by atoms with van der Waals surface area (Å²) in [7, 11) is 0. The van der Waals surface area contributed by atoms with Gasteiger partial charge in [-0.05, 0) is 37.3 Å². The number of nitrogens with one attached hydrogen (secondary N) is 1. The third-order valence-electron chi connectivity index (χ3n) is 4.38. The van der Waals surface area contributed by atoms with E-state index in [1.54, 1.807) is 24.3 Å². The quantitative estimate of drug-likeness (QED) is 0.912. The van der Waals surface area contributed by atoms with Gasteiger partial charge in [0, 0.05) is 11.4 Å². The molecule has 2 aromatic rings. The van der Waals surface area contributed by atoms with Crippen LogP contribution in [0, 0.1) is 11.7 Å². The van der Waals surface area contributed by atoms with Crippen LogP contribution in [0.1, 0.15) is 36.7 Å². The minimum absolute atomic E-state index is 0.0222. The predicted octanol–water partition coefficient (Wildman–Crippen LogP) is 2.65. The van der Waals surface area contributed by atoms with Crippen molar-refractivity contribution in [3.63, 3.8) is 0 Å². The van der Waals surface area contributed by atoms with Crippen LogP contribution in [0.25, 0.3) is 10.9 Å². The first-order valence-electron chi connectivity index (χ1n) is 7.62. The Hall–Kier alpha value is -2.01. The fourth-order valence-corrected chi connectivity index (χ4v) is 2.99. The summed E-state index contributed by atoms with van der Waals surface area (Å²) in [4.78, 5) is 16.5. The number of amides is 1. The zero-order valence-electron chi connectivity index (χ0n) is 12.4. The van der Waals surface area contributed by atoms with Crippen molar-refractivity contribution in [2.75, 3.05) is 0 Å². The molecule has 0 unspecified atom stereocenters. The van der Waals surface area contributed by atoms with E-state index in [1.165, 1.54) is 6.07 Å². The maximum absolute atomic E-state index is 13.8. The normalized spacial score (nSPS) is 22.1. The molecule has 2 N–H and O–H groups in total. The van der Waals surface area contributed by atoms with Crippen molar-refractivity contribution in [1.82, 2.24) is 10.3 Å². The maximum atomic E-state index is 13.8. The van der Waals surface area contributed by atoms with E-state index in [2.05, 4.69) is 10.3 Å². The number of benzene rings is 1. The molecule has 0 aliphatic heterocycles. The third kappa shape index (κ3) is 2.81. The van der Waals surface area contributed by atoms with Gasteiger partial charge < -0.3 is 10.4 Å². The number of aliphatic hydroxyl groups is 1. The number of carbonyl (C=O) groups is 1. The van der Waals surface area contributed by atoms with Crippen molar-refractivity contribution in [1.29, 1.82) is 0 Å². The number of para-hydroxylation sites is 1. The molecule has 1 saturated carbocycles. The Morgan fingerprint density at radius 3 is 2.86 bits per heavy atom. The number of halogens is 1. The zero-order chi connectivity index (χ0) is 15.7. The number of fused-ring (bicyclic) bond motifs is 1. The highest BCUT2D eigenvalue weighted by Gasteiger charge is 2.34. The topological polar surface area (TPSA) is 62.2 Å². The van der Waals surface area contributed by atoms with Gasteiger partial charge in [-0.3, -0.25) is 4.79 Å². The predicted molar refractivity (Wildman–Crippen MR) is 82.0 cm³/mol. The van der Waals surface area contributed by atoms with E-state index in [4.69, 9.17) is 0 Å². The Morgan fingerprint density at radius 1 is 1.41 bits per heavy atom. The smallest absolute Gasteiger partial charge is 0.270 e. The van der Waals surface area contributed by atoms with Crippen molar-refractivity contribution in [3.05, 3.63) is 41.8 Å². The molecule has 0 bridgehead atoms. The molecule has 1 amide bonds. The van der Waals surface area contributed by atoms with Gasteiger partial charge in [-0.15, -0.1) is 0 Å². The minimum Gasteiger partial charge on any atom is -0.393 e. The van der Waals surface area contributed by atoms with Gasteiger partial charge in [-0.2, -0.15) is 0 Å². The maximum Gasteiger partial charge on any atom is 0.270 e. The molecule has 1 aliphatic rings. The van der Waals surface area contributed by atoms with Crippen LogP contribution in [-0.2, 0) is 0 Å². The lowest BCUT2D eigenvalue weighted by atomic mass is 9.76. The average Bonchev–Trinajstić information content (AvgIpc) is 2.50. The van der Waals surface area contributed by atoms with E-state index in [9.17, 15) is 14.3 Å². The van der Waals surface area contributed by atoms with Crippen molar-refractivity contribution in [3.8, 4) is 0 Å². The molecule has 1 aliphatic carbocycles. The molecule has 22 heavy (non-hydrogen) atoms. The minimum atomic E-state index is -0.429. The number of carbonyl (C=O) groups excluding carboxylic acids is 1. The summed E-state index contributed by atoms with van der Waals surface area (Å²) in [5, 5.41) is 13.0. The lowest BCUT2D eigenvalue weighted by Crippen LogP contribution is -2.46. The van der Waals surface area contributed by atoms with E-state index in [-0.39, 0.29) is 29.3 Å². The first kappa shape index (κ1) is 14.9. The van der Waals surface area contributed by atoms with Gasteiger partial charge in [0.05, 0.1) is 6.10 Å². The fourth-order valence-electron chi connectivity index (χ4n) is 2.99. The van der Waals surface area contributed by atoms with Crippen LogP contribution < -0.4 is 5.32 Å². The van der Waals surface area contributed by atoms with Crippen molar-refractivity contribution < 1.29 is 14.3 Å². The first-order valence-corrected chi connectivity index (χ1v) is 7.62. The summed E-state index contributed by atoms with van der Waals surface area (Å²) >= 11 is 0. The molecule has 1 aromatic carbocycles. The highest BCUT2D eigenvalue weighted by atomic mass is 19.1. The van der Waals surface area contributed by atoms with Gasteiger partial charge in [-0.1, -0.05) is 25.1 Å². The van der Waals surface area contributed by atoms with Crippen LogP contribution >= 0.6 is 0 Å². The first-order chi connectivity index (χ1) is 10.6. The highest BCUT2D eigenvalue weighted by Crippen LogP contribution is 2.31. The lowest BCUT2D eigenvalue weighted by molar-refractivity contribution is 0.0232. The molecule has 3 rings (SSSR count). The number of rotatable bonds is 4. The Labute approximate surface area is 128 Å². The largest absolute Gasteiger partial charge is 0.393 e. The summed E-state index contributed by atoms with van der Waals surface area (Å²) in [6, 6.07) is 8.05. The third-order valence-corrected chi connectivity index (χ3v) is 4.38. The summed E-state index contributed by atoms with van der Waals surface area (Å²) in [5.41, 5.74) is 0.429. The molecule has 116 valence electrons. The molecule has 1 heterocycles. The van der Waals surface area contributed by atoms with Gasteiger partial charge in [0.25, 0.3) is 5.91 Å². The molecule has 1 fully saturated rings. The van der Waals surface area contributed by atoms with Crippen LogP contribution in [0.4, 0.5) is 4.39 Å². The van der Waals surface area contributed by atoms with E-state index in [0.717, 1.165) is 19.3 Å². The van der Waals surface area contributed by atoms with Crippen LogP contribution in [0.5, 0.6) is 0 Å². The molecule has 0 saturated heterocycles. The molecule has 5 heteroatoms. The second kappa shape index (κ2) is 6.01. The van der Waals surface area contributed by atoms with E-state index >= 15 is 0 Å². The van der Waals surface area contributed by atoms with Crippen molar-refractivity contribution >= 4 is 16.8 Å². The Balaban J connectivity index is 1.78. The molecule has 0 spiro atoms. The van der Waals surface area contributed by atoms with Gasteiger partial charge in [0.1, 0.15) is 17.0 Å². The average molecular weight is 302 g/mol. The van der Waals surface area contributed by atoms with Gasteiger partial charge in [0.15, 0.2) is 0 Å². The number of aliphatic hydroxyl groups excluding tert-OH is 1. The monoisotopic (exact) mass is 302 g/mol. The summed E-state index contributed by atoms with van der Waals surface area (Å²) < 4.78 is 13.8. The molecule has 1 atom stereocenters. The summed E-state index contributed by atoms with van der Waals surface area (Å²) in [5.74, 6) is -0.416. The number of aromatic nitrogens is 1. The molecule has 4 nitrogen and oxygen atoms in total. The highest BCUT2D eigenvalue weighted by molar-refractivity contribution is 5.95. The van der Waals surface area contributed by atoms with Crippen LogP contribution in [-0.4, -0.2) is 28.1 Å². The number of pyridine rings is 1. The number of hydrogen-bond donors (Lipinski definition) is 2. The van der Waals surface area contributed by atoms with Crippen molar-refractivity contribution in [2.24, 2.45) is 5.92 Å². The summed E-state index contributed by atoms with van der Waals surface area (Å²) in [6.45, 7) is 2.00. The van der Waals surface area contributed by atoms with Gasteiger partial charge >= 0.3 is 0 Å². The zero-order valence-corrected chi connectivity index (χ0v) is 12.4. The SMILES string of the molecule is CC[C@H](NC(=O)c1ccc2cccc(F)c2n1)C1CC(O)C1. The van der Waals surface area contributed by atoms with Crippen molar-refractivity contribution in [2.45, 2.75) is 38.3 Å². The molecular formula is C17H19FN2O2. The Bertz CT molecular complexity index is 698. The second-order valence-electron chi connectivity index (χ2n) is 5.88. The van der Waals surface area contributed by atoms with Crippen LogP contribution in [0.3, 0.4) is 0 Å². The Kier molecular flexibility index (Phi) is 4.07. The summed E-state index contributed by atoms with van der Waals surface area (Å²) in [6.07, 6.45) is 1.99. The van der Waals surface area contributed by atoms with E-state index in [0.29, 0.717) is 11.3 Å². The second-order valence-corrected chi connectivity index (χ2v) is 5.88. The van der Waals surface area contributed by atoms with E-state index < -0.39 is 5.82 Å².